The molecule has 0 atom stereocenters. The van der Waals surface area contributed by atoms with Gasteiger partial charge in [0.25, 0.3) is 0 Å². The highest BCUT2D eigenvalue weighted by Crippen LogP contribution is 2.26. The second kappa shape index (κ2) is 4.53. The van der Waals surface area contributed by atoms with Gasteiger partial charge in [-0.15, -0.1) is 0 Å². The Balaban J connectivity index is 2.11. The number of aromatic nitrogens is 3. The van der Waals surface area contributed by atoms with Gasteiger partial charge in [0.1, 0.15) is 5.65 Å². The van der Waals surface area contributed by atoms with E-state index in [1.807, 2.05) is 31.3 Å². The summed E-state index contributed by atoms with van der Waals surface area (Å²) in [6.07, 6.45) is 5.86. The van der Waals surface area contributed by atoms with Gasteiger partial charge < -0.3 is 10.3 Å². The molecule has 0 aliphatic heterocycles. The maximum atomic E-state index is 10.4. The van der Waals surface area contributed by atoms with E-state index in [9.17, 15) is 4.79 Å². The molecule has 0 unspecified atom stereocenters. The zero-order valence-electron chi connectivity index (χ0n) is 10.3. The zero-order chi connectivity index (χ0) is 13.2. The van der Waals surface area contributed by atoms with Crippen LogP contribution in [-0.4, -0.2) is 21.4 Å². The Morgan fingerprint density at radius 1 is 1.32 bits per heavy atom. The van der Waals surface area contributed by atoms with Gasteiger partial charge >= 0.3 is 0 Å². The lowest BCUT2D eigenvalue weighted by molar-refractivity contribution is -0.105. The molecular weight excluding hydrogens is 240 g/mol. The van der Waals surface area contributed by atoms with Crippen LogP contribution in [0.4, 0.5) is 5.69 Å². The maximum absolute atomic E-state index is 10.4. The highest BCUT2D eigenvalue weighted by Gasteiger charge is 2.07. The summed E-state index contributed by atoms with van der Waals surface area (Å²) in [6.45, 7) is 2.01. The van der Waals surface area contributed by atoms with Crippen molar-refractivity contribution >= 4 is 23.1 Å². The molecule has 0 radical (unpaired) electrons. The van der Waals surface area contributed by atoms with Crippen molar-refractivity contribution in [1.82, 2.24) is 15.0 Å². The minimum absolute atomic E-state index is 0.642. The highest BCUT2D eigenvalue weighted by molar-refractivity contribution is 5.87. The highest BCUT2D eigenvalue weighted by atomic mass is 16.1. The standard InChI is InChI=1S/C14H12N4O/c1-9-6-15-3-2-12(9)13-5-10-4-11(17-8-19)7-16-14(10)18-13/h2-8H,1H3,(H,16,18)(H,17,19). The Labute approximate surface area is 109 Å². The number of nitrogens with one attached hydrogen (secondary N) is 2. The van der Waals surface area contributed by atoms with Crippen molar-refractivity contribution in [3.63, 3.8) is 0 Å². The van der Waals surface area contributed by atoms with E-state index in [4.69, 9.17) is 0 Å². The second-order valence-electron chi connectivity index (χ2n) is 4.30. The van der Waals surface area contributed by atoms with E-state index >= 15 is 0 Å². The molecular formula is C14H12N4O. The number of pyridine rings is 2. The fourth-order valence-electron chi connectivity index (χ4n) is 2.08. The van der Waals surface area contributed by atoms with Crippen LogP contribution in [0.3, 0.4) is 0 Å². The number of hydrogen-bond acceptors (Lipinski definition) is 3. The number of nitrogens with zero attached hydrogens (tertiary/aromatic N) is 2. The first-order valence-electron chi connectivity index (χ1n) is 5.88. The third kappa shape index (κ3) is 2.06. The first kappa shape index (κ1) is 11.4. The van der Waals surface area contributed by atoms with E-state index in [2.05, 4.69) is 20.3 Å². The van der Waals surface area contributed by atoms with Crippen LogP contribution < -0.4 is 5.32 Å². The normalized spacial score (nSPS) is 10.6. The van der Waals surface area contributed by atoms with Gasteiger partial charge in [-0.05, 0) is 30.7 Å². The summed E-state index contributed by atoms with van der Waals surface area (Å²) in [5.41, 5.74) is 4.66. The second-order valence-corrected chi connectivity index (χ2v) is 4.30. The summed E-state index contributed by atoms with van der Waals surface area (Å²) >= 11 is 0. The van der Waals surface area contributed by atoms with Gasteiger partial charge in [0, 0.05) is 29.0 Å². The molecule has 0 spiro atoms. The van der Waals surface area contributed by atoms with Crippen LogP contribution in [0.2, 0.25) is 0 Å². The predicted molar refractivity (Wildman–Crippen MR) is 73.7 cm³/mol. The number of anilines is 1. The summed E-state index contributed by atoms with van der Waals surface area (Å²) in [5.74, 6) is 0. The average molecular weight is 252 g/mol. The van der Waals surface area contributed by atoms with Gasteiger partial charge in [-0.2, -0.15) is 0 Å². The monoisotopic (exact) mass is 252 g/mol. The maximum Gasteiger partial charge on any atom is 0.211 e. The summed E-state index contributed by atoms with van der Waals surface area (Å²) < 4.78 is 0. The fraction of sp³-hybridized carbons (Fsp3) is 0.0714. The van der Waals surface area contributed by atoms with Crippen molar-refractivity contribution in [3.05, 3.63) is 42.4 Å². The van der Waals surface area contributed by atoms with Crippen LogP contribution in [0.5, 0.6) is 0 Å². The topological polar surface area (TPSA) is 70.7 Å². The largest absolute Gasteiger partial charge is 0.339 e. The predicted octanol–water partition coefficient (Wildman–Crippen LogP) is 2.50. The van der Waals surface area contributed by atoms with Crippen LogP contribution in [0, 0.1) is 6.92 Å². The van der Waals surface area contributed by atoms with E-state index in [1.165, 1.54) is 0 Å². The Morgan fingerprint density at radius 2 is 2.21 bits per heavy atom. The third-order valence-corrected chi connectivity index (χ3v) is 3.01. The number of aromatic amines is 1. The van der Waals surface area contributed by atoms with Crippen molar-refractivity contribution in [2.24, 2.45) is 0 Å². The minimum atomic E-state index is 0.642. The van der Waals surface area contributed by atoms with Gasteiger partial charge in [-0.1, -0.05) is 0 Å². The number of carbonyl (C=O) groups excluding carboxylic acids is 1. The Bertz CT molecular complexity index is 748. The van der Waals surface area contributed by atoms with Crippen molar-refractivity contribution in [1.29, 1.82) is 0 Å². The number of H-pyrrole nitrogens is 1. The molecule has 5 heteroatoms. The number of carbonyl (C=O) groups is 1. The number of amides is 1. The molecule has 3 heterocycles. The third-order valence-electron chi connectivity index (χ3n) is 3.01. The van der Waals surface area contributed by atoms with Gasteiger partial charge in [-0.3, -0.25) is 9.78 Å². The molecule has 5 nitrogen and oxygen atoms in total. The van der Waals surface area contributed by atoms with E-state index in [0.717, 1.165) is 27.9 Å². The van der Waals surface area contributed by atoms with Crippen LogP contribution in [-0.2, 0) is 4.79 Å². The van der Waals surface area contributed by atoms with E-state index in [1.54, 1.807) is 12.4 Å². The molecule has 3 aromatic rings. The molecule has 0 aliphatic rings. The molecule has 3 aromatic heterocycles. The fourth-order valence-corrected chi connectivity index (χ4v) is 2.08. The van der Waals surface area contributed by atoms with E-state index < -0.39 is 0 Å². The molecule has 0 bridgehead atoms. The summed E-state index contributed by atoms with van der Waals surface area (Å²) in [4.78, 5) is 22.1. The lowest BCUT2D eigenvalue weighted by Crippen LogP contribution is -1.93. The van der Waals surface area contributed by atoms with Gasteiger partial charge in [0.15, 0.2) is 0 Å². The summed E-state index contributed by atoms with van der Waals surface area (Å²) in [6, 6.07) is 5.86. The van der Waals surface area contributed by atoms with Gasteiger partial charge in [0.2, 0.25) is 6.41 Å². The van der Waals surface area contributed by atoms with Crippen LogP contribution in [0.1, 0.15) is 5.56 Å². The molecule has 19 heavy (non-hydrogen) atoms. The minimum Gasteiger partial charge on any atom is -0.339 e. The van der Waals surface area contributed by atoms with Gasteiger partial charge in [0.05, 0.1) is 11.9 Å². The Hall–Kier alpha value is -2.69. The first-order valence-corrected chi connectivity index (χ1v) is 5.88. The molecule has 2 N–H and O–H groups in total. The molecule has 94 valence electrons. The van der Waals surface area contributed by atoms with Crippen LogP contribution in [0.25, 0.3) is 22.3 Å². The van der Waals surface area contributed by atoms with Crippen LogP contribution >= 0.6 is 0 Å². The lowest BCUT2D eigenvalue weighted by atomic mass is 10.1. The molecule has 0 aliphatic carbocycles. The molecule has 1 amide bonds. The van der Waals surface area contributed by atoms with Gasteiger partial charge in [-0.25, -0.2) is 4.98 Å². The number of rotatable bonds is 3. The number of hydrogen-bond donors (Lipinski definition) is 2. The molecule has 3 rings (SSSR count). The molecule has 0 saturated carbocycles. The zero-order valence-corrected chi connectivity index (χ0v) is 10.3. The quantitative estimate of drug-likeness (QED) is 0.703. The Morgan fingerprint density at radius 3 is 3.00 bits per heavy atom. The van der Waals surface area contributed by atoms with Crippen molar-refractivity contribution in [2.45, 2.75) is 6.92 Å². The van der Waals surface area contributed by atoms with Crippen molar-refractivity contribution in [2.75, 3.05) is 5.32 Å². The number of aryl methyl sites for hydroxylation is 1. The molecule has 0 fully saturated rings. The first-order chi connectivity index (χ1) is 9.28. The van der Waals surface area contributed by atoms with Crippen molar-refractivity contribution < 1.29 is 4.79 Å². The average Bonchev–Trinajstić information content (AvgIpc) is 2.82. The van der Waals surface area contributed by atoms with E-state index in [0.29, 0.717) is 12.1 Å². The molecule has 0 saturated heterocycles. The Kier molecular flexibility index (Phi) is 2.72. The van der Waals surface area contributed by atoms with Crippen LogP contribution in [0.15, 0.2) is 36.8 Å². The summed E-state index contributed by atoms with van der Waals surface area (Å²) in [5, 5.41) is 3.55. The lowest BCUT2D eigenvalue weighted by Gasteiger charge is -2.00. The van der Waals surface area contributed by atoms with Crippen molar-refractivity contribution in [3.8, 4) is 11.3 Å². The smallest absolute Gasteiger partial charge is 0.211 e. The summed E-state index contributed by atoms with van der Waals surface area (Å²) in [7, 11) is 0. The van der Waals surface area contributed by atoms with E-state index in [-0.39, 0.29) is 0 Å². The molecule has 0 aromatic carbocycles. The number of fused-ring (bicyclic) bond motifs is 1. The SMILES string of the molecule is Cc1cnccc1-c1cc2cc(NC=O)cnc2[nH]1.